The van der Waals surface area contributed by atoms with Gasteiger partial charge in [0.15, 0.2) is 5.17 Å². The van der Waals surface area contributed by atoms with Gasteiger partial charge in [0.1, 0.15) is 0 Å². The van der Waals surface area contributed by atoms with E-state index in [-0.39, 0.29) is 0 Å². The molecule has 3 rings (SSSR count). The van der Waals surface area contributed by atoms with Gasteiger partial charge >= 0.3 is 0 Å². The van der Waals surface area contributed by atoms with Crippen molar-refractivity contribution in [3.63, 3.8) is 0 Å². The van der Waals surface area contributed by atoms with Gasteiger partial charge in [-0.1, -0.05) is 41.6 Å². The molecule has 4 heteroatoms. The Labute approximate surface area is 119 Å². The summed E-state index contributed by atoms with van der Waals surface area (Å²) in [6, 6.07) is 8.90. The second-order valence-corrected chi connectivity index (χ2v) is 6.32. The highest BCUT2D eigenvalue weighted by atomic mass is 32.2. The van der Waals surface area contributed by atoms with Crippen LogP contribution in [0.3, 0.4) is 0 Å². The van der Waals surface area contributed by atoms with Gasteiger partial charge in [0, 0.05) is 38.5 Å². The summed E-state index contributed by atoms with van der Waals surface area (Å²) in [6.07, 6.45) is 0. The quantitative estimate of drug-likeness (QED) is 0.825. The molecule has 0 N–H and O–H groups in total. The molecule has 0 aromatic heterocycles. The number of amidine groups is 1. The zero-order valence-electron chi connectivity index (χ0n) is 11.5. The lowest BCUT2D eigenvalue weighted by molar-refractivity contribution is 0.177. The minimum absolute atomic E-state index is 1.00. The van der Waals surface area contributed by atoms with E-state index >= 15 is 0 Å². The average Bonchev–Trinajstić information content (AvgIpc) is 2.96. The highest BCUT2D eigenvalue weighted by Crippen LogP contribution is 2.18. The number of aryl methyl sites for hydroxylation is 1. The first-order valence-corrected chi connectivity index (χ1v) is 8.00. The number of hydrogen-bond donors (Lipinski definition) is 0. The van der Waals surface area contributed by atoms with E-state index in [4.69, 9.17) is 0 Å². The first-order chi connectivity index (χ1) is 9.31. The van der Waals surface area contributed by atoms with Gasteiger partial charge in [-0.25, -0.2) is 0 Å². The minimum Gasteiger partial charge on any atom is -0.349 e. The predicted octanol–water partition coefficient (Wildman–Crippen LogP) is 2.22. The van der Waals surface area contributed by atoms with Gasteiger partial charge in [0.25, 0.3) is 0 Å². The van der Waals surface area contributed by atoms with E-state index < -0.39 is 0 Å². The SMILES string of the molecule is Cc1ccc(CN2CCN(C3=NCCS3)CC2)cc1. The smallest absolute Gasteiger partial charge is 0.159 e. The third kappa shape index (κ3) is 3.31. The van der Waals surface area contributed by atoms with Crippen LogP contribution in [0.4, 0.5) is 0 Å². The van der Waals surface area contributed by atoms with Crippen LogP contribution < -0.4 is 0 Å². The second-order valence-electron chi connectivity index (χ2n) is 5.26. The lowest BCUT2D eigenvalue weighted by Gasteiger charge is -2.35. The lowest BCUT2D eigenvalue weighted by atomic mass is 10.1. The maximum Gasteiger partial charge on any atom is 0.159 e. The third-order valence-electron chi connectivity index (χ3n) is 3.74. The van der Waals surface area contributed by atoms with Crippen LogP contribution in [0.5, 0.6) is 0 Å². The fraction of sp³-hybridized carbons (Fsp3) is 0.533. The monoisotopic (exact) mass is 275 g/mol. The number of piperazine rings is 1. The largest absolute Gasteiger partial charge is 0.349 e. The highest BCUT2D eigenvalue weighted by molar-refractivity contribution is 8.14. The molecule has 1 aromatic carbocycles. The van der Waals surface area contributed by atoms with Gasteiger partial charge in [-0.2, -0.15) is 0 Å². The zero-order valence-corrected chi connectivity index (χ0v) is 12.3. The molecule has 1 aromatic rings. The van der Waals surface area contributed by atoms with Crippen LogP contribution >= 0.6 is 11.8 Å². The van der Waals surface area contributed by atoms with Crippen molar-refractivity contribution in [2.75, 3.05) is 38.5 Å². The molecule has 19 heavy (non-hydrogen) atoms. The summed E-state index contributed by atoms with van der Waals surface area (Å²) >= 11 is 1.91. The molecule has 102 valence electrons. The lowest BCUT2D eigenvalue weighted by Crippen LogP contribution is -2.47. The molecule has 0 spiro atoms. The first kappa shape index (κ1) is 13.0. The number of benzene rings is 1. The Kier molecular flexibility index (Phi) is 4.09. The molecule has 0 atom stereocenters. The van der Waals surface area contributed by atoms with Crippen LogP contribution in [-0.2, 0) is 6.54 Å². The highest BCUT2D eigenvalue weighted by Gasteiger charge is 2.21. The molecule has 2 aliphatic rings. The summed E-state index contributed by atoms with van der Waals surface area (Å²) in [5.74, 6) is 1.17. The Balaban J connectivity index is 1.51. The molecule has 0 unspecified atom stereocenters. The van der Waals surface area contributed by atoms with E-state index in [1.54, 1.807) is 0 Å². The van der Waals surface area contributed by atoms with Crippen LogP contribution in [0.1, 0.15) is 11.1 Å². The van der Waals surface area contributed by atoms with E-state index in [1.807, 2.05) is 11.8 Å². The summed E-state index contributed by atoms with van der Waals surface area (Å²) in [5, 5.41) is 1.27. The average molecular weight is 275 g/mol. The van der Waals surface area contributed by atoms with E-state index in [1.165, 1.54) is 22.0 Å². The van der Waals surface area contributed by atoms with Crippen molar-refractivity contribution < 1.29 is 0 Å². The number of nitrogens with zero attached hydrogens (tertiary/aromatic N) is 3. The second kappa shape index (κ2) is 5.97. The van der Waals surface area contributed by atoms with E-state index in [0.717, 1.165) is 39.3 Å². The molecule has 0 amide bonds. The fourth-order valence-electron chi connectivity index (χ4n) is 2.56. The molecule has 2 aliphatic heterocycles. The number of aliphatic imine (C=N–C) groups is 1. The summed E-state index contributed by atoms with van der Waals surface area (Å²) in [7, 11) is 0. The Morgan fingerprint density at radius 2 is 1.84 bits per heavy atom. The van der Waals surface area contributed by atoms with Crippen molar-refractivity contribution in [1.82, 2.24) is 9.80 Å². The molecule has 0 saturated carbocycles. The number of rotatable bonds is 2. The number of hydrogen-bond acceptors (Lipinski definition) is 4. The number of thioether (sulfide) groups is 1. The van der Waals surface area contributed by atoms with Gasteiger partial charge < -0.3 is 4.90 Å². The minimum atomic E-state index is 1.00. The Morgan fingerprint density at radius 1 is 1.11 bits per heavy atom. The van der Waals surface area contributed by atoms with Gasteiger partial charge in [0.05, 0.1) is 6.54 Å². The molecular formula is C15H21N3S. The topological polar surface area (TPSA) is 18.8 Å². The molecule has 0 bridgehead atoms. The van der Waals surface area contributed by atoms with E-state index in [2.05, 4.69) is 46.0 Å². The Bertz CT molecular complexity index is 447. The van der Waals surface area contributed by atoms with Crippen LogP contribution in [0, 0.1) is 6.92 Å². The zero-order chi connectivity index (χ0) is 13.1. The Morgan fingerprint density at radius 3 is 2.47 bits per heavy atom. The van der Waals surface area contributed by atoms with Crippen molar-refractivity contribution in [2.24, 2.45) is 4.99 Å². The fourth-order valence-corrected chi connectivity index (χ4v) is 3.48. The van der Waals surface area contributed by atoms with Crippen molar-refractivity contribution in [3.05, 3.63) is 35.4 Å². The maximum absolute atomic E-state index is 4.57. The predicted molar refractivity (Wildman–Crippen MR) is 82.8 cm³/mol. The van der Waals surface area contributed by atoms with Gasteiger partial charge in [-0.3, -0.25) is 9.89 Å². The van der Waals surface area contributed by atoms with Gasteiger partial charge in [0.2, 0.25) is 0 Å². The van der Waals surface area contributed by atoms with Crippen LogP contribution in [0.2, 0.25) is 0 Å². The normalized spacial score (nSPS) is 20.7. The Hall–Kier alpha value is -1.00. The van der Waals surface area contributed by atoms with Crippen molar-refractivity contribution in [1.29, 1.82) is 0 Å². The molecule has 1 saturated heterocycles. The maximum atomic E-state index is 4.57. The van der Waals surface area contributed by atoms with Crippen LogP contribution in [0.15, 0.2) is 29.3 Å². The molecule has 1 fully saturated rings. The first-order valence-electron chi connectivity index (χ1n) is 7.01. The van der Waals surface area contributed by atoms with Crippen LogP contribution in [0.25, 0.3) is 0 Å². The van der Waals surface area contributed by atoms with Crippen molar-refractivity contribution in [2.45, 2.75) is 13.5 Å². The summed E-state index contributed by atoms with van der Waals surface area (Å²) in [5.41, 5.74) is 2.76. The summed E-state index contributed by atoms with van der Waals surface area (Å²) in [6.45, 7) is 8.76. The molecule has 0 aliphatic carbocycles. The van der Waals surface area contributed by atoms with E-state index in [0.29, 0.717) is 0 Å². The van der Waals surface area contributed by atoms with Crippen LogP contribution in [-0.4, -0.2) is 53.4 Å². The van der Waals surface area contributed by atoms with Gasteiger partial charge in [-0.05, 0) is 12.5 Å². The molecular weight excluding hydrogens is 254 g/mol. The van der Waals surface area contributed by atoms with Crippen molar-refractivity contribution >= 4 is 16.9 Å². The third-order valence-corrected chi connectivity index (χ3v) is 4.77. The molecule has 3 nitrogen and oxygen atoms in total. The van der Waals surface area contributed by atoms with Crippen molar-refractivity contribution in [3.8, 4) is 0 Å². The molecule has 0 radical (unpaired) electrons. The van der Waals surface area contributed by atoms with Gasteiger partial charge in [-0.15, -0.1) is 0 Å². The summed E-state index contributed by atoms with van der Waals surface area (Å²) in [4.78, 5) is 9.56. The summed E-state index contributed by atoms with van der Waals surface area (Å²) < 4.78 is 0. The molecule has 2 heterocycles. The van der Waals surface area contributed by atoms with E-state index in [9.17, 15) is 0 Å². The standard InChI is InChI=1S/C15H21N3S/c1-13-2-4-14(5-3-13)12-17-7-9-18(10-8-17)15-16-6-11-19-15/h2-5H,6-12H2,1H3.